The number of benzene rings is 1. The molecule has 0 N–H and O–H groups in total. The lowest BCUT2D eigenvalue weighted by Crippen LogP contribution is -2.27. The summed E-state index contributed by atoms with van der Waals surface area (Å²) in [5.41, 5.74) is 1.42. The number of anilines is 1. The first-order chi connectivity index (χ1) is 9.11. The summed E-state index contributed by atoms with van der Waals surface area (Å²) in [5, 5.41) is 8.83. The van der Waals surface area contributed by atoms with Gasteiger partial charge in [-0.05, 0) is 30.3 Å². The molecule has 1 aromatic heterocycles. The standard InChI is InChI=1S/C14H10BrN3O/c1-18(12-4-2-3-11(15)8-12)14(19)13-7-10(9-16)5-6-17-13/h2-8H,1H3. The number of hydrogen-bond donors (Lipinski definition) is 0. The smallest absolute Gasteiger partial charge is 0.276 e. The minimum Gasteiger partial charge on any atom is -0.310 e. The Kier molecular flexibility index (Phi) is 3.93. The van der Waals surface area contributed by atoms with E-state index in [1.165, 1.54) is 17.2 Å². The molecule has 1 heterocycles. The van der Waals surface area contributed by atoms with Gasteiger partial charge in [0, 0.05) is 23.4 Å². The zero-order chi connectivity index (χ0) is 13.8. The lowest BCUT2D eigenvalue weighted by molar-refractivity contribution is 0.0988. The van der Waals surface area contributed by atoms with Gasteiger partial charge in [-0.3, -0.25) is 9.78 Å². The van der Waals surface area contributed by atoms with Gasteiger partial charge in [0.2, 0.25) is 0 Å². The topological polar surface area (TPSA) is 57.0 Å². The fourth-order valence-electron chi connectivity index (χ4n) is 1.59. The molecule has 2 rings (SSSR count). The van der Waals surface area contributed by atoms with E-state index in [1.54, 1.807) is 13.1 Å². The third kappa shape index (κ3) is 2.98. The van der Waals surface area contributed by atoms with E-state index in [4.69, 9.17) is 5.26 Å². The van der Waals surface area contributed by atoms with Crippen molar-refractivity contribution < 1.29 is 4.79 Å². The van der Waals surface area contributed by atoms with Crippen molar-refractivity contribution in [3.8, 4) is 6.07 Å². The van der Waals surface area contributed by atoms with Crippen LogP contribution in [0.3, 0.4) is 0 Å². The molecule has 19 heavy (non-hydrogen) atoms. The lowest BCUT2D eigenvalue weighted by atomic mass is 10.2. The Bertz CT molecular complexity index is 664. The second-order valence-electron chi connectivity index (χ2n) is 3.89. The summed E-state index contributed by atoms with van der Waals surface area (Å²) in [4.78, 5) is 17.8. The molecule has 0 unspecified atom stereocenters. The maximum Gasteiger partial charge on any atom is 0.276 e. The van der Waals surface area contributed by atoms with Crippen LogP contribution in [0.5, 0.6) is 0 Å². The molecule has 0 radical (unpaired) electrons. The predicted molar refractivity (Wildman–Crippen MR) is 75.8 cm³/mol. The molecule has 0 saturated carbocycles. The molecule has 1 aromatic carbocycles. The summed E-state index contributed by atoms with van der Waals surface area (Å²) < 4.78 is 0.892. The van der Waals surface area contributed by atoms with Gasteiger partial charge in [-0.25, -0.2) is 0 Å². The largest absolute Gasteiger partial charge is 0.310 e. The van der Waals surface area contributed by atoms with Crippen LogP contribution in [0.15, 0.2) is 47.1 Å². The molecule has 0 saturated heterocycles. The van der Waals surface area contributed by atoms with Crippen molar-refractivity contribution in [2.75, 3.05) is 11.9 Å². The van der Waals surface area contributed by atoms with Crippen LogP contribution in [0.2, 0.25) is 0 Å². The molecule has 0 aliphatic rings. The van der Waals surface area contributed by atoms with Gasteiger partial charge in [-0.15, -0.1) is 0 Å². The zero-order valence-electron chi connectivity index (χ0n) is 10.2. The van der Waals surface area contributed by atoms with Gasteiger partial charge < -0.3 is 4.90 Å². The normalized spacial score (nSPS) is 9.74. The summed E-state index contributed by atoms with van der Waals surface area (Å²) in [6.45, 7) is 0. The summed E-state index contributed by atoms with van der Waals surface area (Å²) in [5.74, 6) is -0.254. The number of carbonyl (C=O) groups is 1. The predicted octanol–water partition coefficient (Wildman–Crippen LogP) is 2.99. The Balaban J connectivity index is 2.31. The average molecular weight is 316 g/mol. The molecule has 0 fully saturated rings. The summed E-state index contributed by atoms with van der Waals surface area (Å²) in [6.07, 6.45) is 1.46. The highest BCUT2D eigenvalue weighted by Gasteiger charge is 2.15. The van der Waals surface area contributed by atoms with E-state index in [9.17, 15) is 4.79 Å². The molecule has 94 valence electrons. The van der Waals surface area contributed by atoms with Crippen LogP contribution in [-0.4, -0.2) is 17.9 Å². The molecule has 0 atom stereocenters. The van der Waals surface area contributed by atoms with Crippen LogP contribution in [0, 0.1) is 11.3 Å². The van der Waals surface area contributed by atoms with Crippen molar-refractivity contribution >= 4 is 27.5 Å². The van der Waals surface area contributed by atoms with E-state index < -0.39 is 0 Å². The molecular formula is C14H10BrN3O. The highest BCUT2D eigenvalue weighted by atomic mass is 79.9. The minimum absolute atomic E-state index is 0.251. The second-order valence-corrected chi connectivity index (χ2v) is 4.80. The number of halogens is 1. The van der Waals surface area contributed by atoms with Crippen molar-refractivity contribution in [1.29, 1.82) is 5.26 Å². The van der Waals surface area contributed by atoms with E-state index in [0.717, 1.165) is 10.2 Å². The van der Waals surface area contributed by atoms with Crippen molar-refractivity contribution in [3.05, 3.63) is 58.3 Å². The van der Waals surface area contributed by atoms with Crippen molar-refractivity contribution in [2.45, 2.75) is 0 Å². The van der Waals surface area contributed by atoms with Gasteiger partial charge in [-0.2, -0.15) is 5.26 Å². The first kappa shape index (κ1) is 13.2. The van der Waals surface area contributed by atoms with E-state index in [-0.39, 0.29) is 11.6 Å². The lowest BCUT2D eigenvalue weighted by Gasteiger charge is -2.17. The first-order valence-corrected chi connectivity index (χ1v) is 6.31. The number of pyridine rings is 1. The Hall–Kier alpha value is -2.19. The van der Waals surface area contributed by atoms with Gasteiger partial charge in [0.1, 0.15) is 5.69 Å². The fourth-order valence-corrected chi connectivity index (χ4v) is 1.98. The van der Waals surface area contributed by atoms with E-state index >= 15 is 0 Å². The average Bonchev–Trinajstić information content (AvgIpc) is 2.45. The Morgan fingerprint density at radius 1 is 1.37 bits per heavy atom. The number of rotatable bonds is 2. The minimum atomic E-state index is -0.254. The van der Waals surface area contributed by atoms with E-state index in [0.29, 0.717) is 5.56 Å². The highest BCUT2D eigenvalue weighted by molar-refractivity contribution is 9.10. The van der Waals surface area contributed by atoms with E-state index in [1.807, 2.05) is 30.3 Å². The summed E-state index contributed by atoms with van der Waals surface area (Å²) in [6, 6.07) is 12.4. The van der Waals surface area contributed by atoms with Gasteiger partial charge in [0.25, 0.3) is 5.91 Å². The van der Waals surface area contributed by atoms with Crippen LogP contribution >= 0.6 is 15.9 Å². The molecule has 2 aromatic rings. The maximum absolute atomic E-state index is 12.3. The molecule has 0 aliphatic heterocycles. The summed E-state index contributed by atoms with van der Waals surface area (Å²) in [7, 11) is 1.67. The molecule has 0 aliphatic carbocycles. The molecule has 0 bridgehead atoms. The molecule has 5 heteroatoms. The Morgan fingerprint density at radius 3 is 2.84 bits per heavy atom. The van der Waals surface area contributed by atoms with Gasteiger partial charge in [0.05, 0.1) is 11.6 Å². The van der Waals surface area contributed by atoms with Gasteiger partial charge in [-0.1, -0.05) is 22.0 Å². The van der Waals surface area contributed by atoms with Crippen LogP contribution < -0.4 is 4.90 Å². The van der Waals surface area contributed by atoms with Crippen molar-refractivity contribution in [1.82, 2.24) is 4.98 Å². The van der Waals surface area contributed by atoms with Crippen LogP contribution in [-0.2, 0) is 0 Å². The van der Waals surface area contributed by atoms with Crippen LogP contribution in [0.4, 0.5) is 5.69 Å². The number of carbonyl (C=O) groups excluding carboxylic acids is 1. The van der Waals surface area contributed by atoms with Gasteiger partial charge in [0.15, 0.2) is 0 Å². The summed E-state index contributed by atoms with van der Waals surface area (Å²) >= 11 is 3.36. The van der Waals surface area contributed by atoms with Crippen LogP contribution in [0.25, 0.3) is 0 Å². The Morgan fingerprint density at radius 2 is 2.16 bits per heavy atom. The third-order valence-corrected chi connectivity index (χ3v) is 3.10. The molecular weight excluding hydrogens is 306 g/mol. The maximum atomic E-state index is 12.3. The number of nitrogens with zero attached hydrogens (tertiary/aromatic N) is 3. The Labute approximate surface area is 119 Å². The number of hydrogen-bond acceptors (Lipinski definition) is 3. The molecule has 1 amide bonds. The van der Waals surface area contributed by atoms with Crippen molar-refractivity contribution in [2.24, 2.45) is 0 Å². The second kappa shape index (κ2) is 5.63. The number of nitriles is 1. The quantitative estimate of drug-likeness (QED) is 0.856. The van der Waals surface area contributed by atoms with E-state index in [2.05, 4.69) is 20.9 Å². The first-order valence-electron chi connectivity index (χ1n) is 5.51. The zero-order valence-corrected chi connectivity index (χ0v) is 11.8. The van der Waals surface area contributed by atoms with Crippen LogP contribution in [0.1, 0.15) is 16.1 Å². The van der Waals surface area contributed by atoms with Gasteiger partial charge >= 0.3 is 0 Å². The fraction of sp³-hybridized carbons (Fsp3) is 0.0714. The van der Waals surface area contributed by atoms with Crippen molar-refractivity contribution in [3.63, 3.8) is 0 Å². The number of amides is 1. The SMILES string of the molecule is CN(C(=O)c1cc(C#N)ccn1)c1cccc(Br)c1. The monoisotopic (exact) mass is 315 g/mol. The highest BCUT2D eigenvalue weighted by Crippen LogP contribution is 2.20. The number of aromatic nitrogens is 1. The molecule has 0 spiro atoms. The molecule has 4 nitrogen and oxygen atoms in total. The third-order valence-electron chi connectivity index (χ3n) is 2.61.